The van der Waals surface area contributed by atoms with Crippen LogP contribution in [0.3, 0.4) is 0 Å². The second kappa shape index (κ2) is 6.11. The molecule has 0 radical (unpaired) electrons. The molecular formula is C17H17BrN2. The number of anilines is 2. The molecule has 1 N–H and O–H groups in total. The lowest BCUT2D eigenvalue weighted by Crippen LogP contribution is -2.01. The number of hydrogen-bond donors (Lipinski definition) is 1. The minimum atomic E-state index is 0.429. The van der Waals surface area contributed by atoms with Crippen molar-refractivity contribution in [3.05, 3.63) is 57.6 Å². The average molecular weight is 329 g/mol. The van der Waals surface area contributed by atoms with Gasteiger partial charge in [0.25, 0.3) is 0 Å². The Morgan fingerprint density at radius 2 is 1.95 bits per heavy atom. The van der Waals surface area contributed by atoms with Gasteiger partial charge in [-0.15, -0.1) is 0 Å². The molecule has 0 spiro atoms. The van der Waals surface area contributed by atoms with Gasteiger partial charge in [0.1, 0.15) is 6.07 Å². The highest BCUT2D eigenvalue weighted by atomic mass is 79.9. The molecule has 2 nitrogen and oxygen atoms in total. The van der Waals surface area contributed by atoms with Crippen molar-refractivity contribution in [1.29, 1.82) is 5.26 Å². The molecule has 0 aliphatic heterocycles. The predicted molar refractivity (Wildman–Crippen MR) is 87.4 cm³/mol. The molecule has 2 aromatic carbocycles. The molecule has 0 amide bonds. The molecule has 3 heteroatoms. The molecule has 0 aliphatic carbocycles. The van der Waals surface area contributed by atoms with Crippen LogP contribution in [-0.2, 0) is 0 Å². The minimum Gasteiger partial charge on any atom is -0.354 e. The summed E-state index contributed by atoms with van der Waals surface area (Å²) in [4.78, 5) is 0. The average Bonchev–Trinajstić information content (AvgIpc) is 2.42. The lowest BCUT2D eigenvalue weighted by atomic mass is 9.98. The summed E-state index contributed by atoms with van der Waals surface area (Å²) < 4.78 is 0.911. The fourth-order valence-electron chi connectivity index (χ4n) is 2.19. The van der Waals surface area contributed by atoms with Gasteiger partial charge in [-0.2, -0.15) is 5.26 Å². The second-order valence-electron chi connectivity index (χ2n) is 5.12. The van der Waals surface area contributed by atoms with Crippen molar-refractivity contribution in [3.63, 3.8) is 0 Å². The van der Waals surface area contributed by atoms with Gasteiger partial charge in [0.05, 0.1) is 11.3 Å². The van der Waals surface area contributed by atoms with Crippen molar-refractivity contribution >= 4 is 27.3 Å². The number of para-hydroxylation sites is 1. The van der Waals surface area contributed by atoms with Crippen LogP contribution in [0.2, 0.25) is 0 Å². The van der Waals surface area contributed by atoms with E-state index < -0.39 is 0 Å². The van der Waals surface area contributed by atoms with Gasteiger partial charge in [-0.25, -0.2) is 0 Å². The monoisotopic (exact) mass is 328 g/mol. The fraction of sp³-hybridized carbons (Fsp3) is 0.235. The third-order valence-corrected chi connectivity index (χ3v) is 3.78. The van der Waals surface area contributed by atoms with Crippen molar-refractivity contribution in [2.45, 2.75) is 26.7 Å². The Kier molecular flexibility index (Phi) is 4.46. The Labute approximate surface area is 128 Å². The molecule has 0 bridgehead atoms. The van der Waals surface area contributed by atoms with Crippen LogP contribution in [0.1, 0.15) is 36.5 Å². The van der Waals surface area contributed by atoms with E-state index in [1.807, 2.05) is 18.2 Å². The highest BCUT2D eigenvalue weighted by molar-refractivity contribution is 9.10. The molecule has 0 fully saturated rings. The molecule has 0 heterocycles. The summed E-state index contributed by atoms with van der Waals surface area (Å²) in [6, 6.07) is 14.2. The summed E-state index contributed by atoms with van der Waals surface area (Å²) >= 11 is 3.40. The first-order chi connectivity index (χ1) is 9.52. The summed E-state index contributed by atoms with van der Waals surface area (Å²) in [5.74, 6) is 0.429. The summed E-state index contributed by atoms with van der Waals surface area (Å²) in [6.45, 7) is 6.43. The first kappa shape index (κ1) is 14.6. The second-order valence-corrected chi connectivity index (χ2v) is 6.04. The SMILES string of the molecule is Cc1cccc(C(C)C)c1Nc1ccc(Br)cc1C#N. The van der Waals surface area contributed by atoms with Crippen molar-refractivity contribution in [2.75, 3.05) is 5.32 Å². The lowest BCUT2D eigenvalue weighted by Gasteiger charge is -2.18. The van der Waals surface area contributed by atoms with E-state index in [0.717, 1.165) is 15.8 Å². The Morgan fingerprint density at radius 1 is 1.20 bits per heavy atom. The van der Waals surface area contributed by atoms with E-state index in [1.165, 1.54) is 11.1 Å². The van der Waals surface area contributed by atoms with Gasteiger partial charge in [0.2, 0.25) is 0 Å². The molecule has 2 rings (SSSR count). The van der Waals surface area contributed by atoms with Gasteiger partial charge < -0.3 is 5.32 Å². The van der Waals surface area contributed by atoms with Crippen LogP contribution in [0.15, 0.2) is 40.9 Å². The summed E-state index contributed by atoms with van der Waals surface area (Å²) in [6.07, 6.45) is 0. The standard InChI is InChI=1S/C17H17BrN2/c1-11(2)15-6-4-5-12(3)17(15)20-16-8-7-14(18)9-13(16)10-19/h4-9,11,20H,1-3H3. The van der Waals surface area contributed by atoms with E-state index in [0.29, 0.717) is 11.5 Å². The number of nitrogens with zero attached hydrogens (tertiary/aromatic N) is 1. The quantitative estimate of drug-likeness (QED) is 0.807. The third-order valence-electron chi connectivity index (χ3n) is 3.29. The molecule has 20 heavy (non-hydrogen) atoms. The third kappa shape index (κ3) is 3.02. The maximum Gasteiger partial charge on any atom is 0.101 e. The van der Waals surface area contributed by atoms with Gasteiger partial charge >= 0.3 is 0 Å². The van der Waals surface area contributed by atoms with E-state index >= 15 is 0 Å². The Balaban J connectivity index is 2.48. The molecule has 102 valence electrons. The van der Waals surface area contributed by atoms with Gasteiger partial charge in [-0.05, 0) is 42.2 Å². The Morgan fingerprint density at radius 3 is 2.60 bits per heavy atom. The number of nitrogens with one attached hydrogen (secondary N) is 1. The largest absolute Gasteiger partial charge is 0.354 e. The fourth-order valence-corrected chi connectivity index (χ4v) is 2.56. The zero-order chi connectivity index (χ0) is 14.7. The number of benzene rings is 2. The van der Waals surface area contributed by atoms with Gasteiger partial charge in [-0.3, -0.25) is 0 Å². The summed E-state index contributed by atoms with van der Waals surface area (Å²) in [7, 11) is 0. The van der Waals surface area contributed by atoms with Crippen molar-refractivity contribution < 1.29 is 0 Å². The van der Waals surface area contributed by atoms with Crippen LogP contribution in [-0.4, -0.2) is 0 Å². The molecule has 2 aromatic rings. The van der Waals surface area contributed by atoms with Gasteiger partial charge in [0, 0.05) is 10.2 Å². The molecule has 0 aromatic heterocycles. The highest BCUT2D eigenvalue weighted by Crippen LogP contribution is 2.32. The van der Waals surface area contributed by atoms with E-state index in [9.17, 15) is 5.26 Å². The smallest absolute Gasteiger partial charge is 0.101 e. The number of hydrogen-bond acceptors (Lipinski definition) is 2. The zero-order valence-corrected chi connectivity index (χ0v) is 13.5. The summed E-state index contributed by atoms with van der Waals surface area (Å²) in [5.41, 5.74) is 5.02. The van der Waals surface area contributed by atoms with Crippen LogP contribution in [0.4, 0.5) is 11.4 Å². The minimum absolute atomic E-state index is 0.429. The Bertz CT molecular complexity index is 669. The van der Waals surface area contributed by atoms with Crippen LogP contribution in [0, 0.1) is 18.3 Å². The molecular weight excluding hydrogens is 312 g/mol. The van der Waals surface area contributed by atoms with Gasteiger partial charge in [0.15, 0.2) is 0 Å². The molecule has 0 atom stereocenters. The molecule has 0 saturated heterocycles. The first-order valence-corrected chi connectivity index (χ1v) is 7.38. The number of aryl methyl sites for hydroxylation is 1. The molecule has 0 aliphatic rings. The Hall–Kier alpha value is -1.79. The van der Waals surface area contributed by atoms with Crippen LogP contribution >= 0.6 is 15.9 Å². The van der Waals surface area contributed by atoms with E-state index in [-0.39, 0.29) is 0 Å². The van der Waals surface area contributed by atoms with E-state index in [4.69, 9.17) is 0 Å². The molecule has 0 saturated carbocycles. The van der Waals surface area contributed by atoms with Gasteiger partial charge in [-0.1, -0.05) is 48.0 Å². The highest BCUT2D eigenvalue weighted by Gasteiger charge is 2.11. The molecule has 0 unspecified atom stereocenters. The lowest BCUT2D eigenvalue weighted by molar-refractivity contribution is 0.867. The normalized spacial score (nSPS) is 10.4. The van der Waals surface area contributed by atoms with Crippen molar-refractivity contribution in [3.8, 4) is 6.07 Å². The van der Waals surface area contributed by atoms with Crippen LogP contribution in [0.25, 0.3) is 0 Å². The zero-order valence-electron chi connectivity index (χ0n) is 11.9. The topological polar surface area (TPSA) is 35.8 Å². The van der Waals surface area contributed by atoms with E-state index in [1.54, 1.807) is 0 Å². The van der Waals surface area contributed by atoms with Crippen molar-refractivity contribution in [1.82, 2.24) is 0 Å². The number of rotatable bonds is 3. The van der Waals surface area contributed by atoms with Crippen molar-refractivity contribution in [2.24, 2.45) is 0 Å². The first-order valence-electron chi connectivity index (χ1n) is 6.59. The summed E-state index contributed by atoms with van der Waals surface area (Å²) in [5, 5.41) is 12.7. The van der Waals surface area contributed by atoms with E-state index in [2.05, 4.69) is 66.3 Å². The van der Waals surface area contributed by atoms with Crippen LogP contribution in [0.5, 0.6) is 0 Å². The number of nitriles is 1. The number of halogens is 1. The maximum absolute atomic E-state index is 9.26. The maximum atomic E-state index is 9.26. The predicted octanol–water partition coefficient (Wildman–Crippen LogP) is 5.50. The van der Waals surface area contributed by atoms with Crippen LogP contribution < -0.4 is 5.32 Å².